The van der Waals surface area contributed by atoms with Crippen LogP contribution in [0.2, 0.25) is 5.02 Å². The largest absolute Gasteiger partial charge is 0.495 e. The first-order valence-corrected chi connectivity index (χ1v) is 8.08. The number of hydrogen-bond donors (Lipinski definition) is 1. The number of carbonyl (C=O) groups excluding carboxylic acids is 1. The molecule has 1 aliphatic rings. The van der Waals surface area contributed by atoms with Crippen LogP contribution in [-0.4, -0.2) is 33.3 Å². The molecule has 0 radical (unpaired) electrons. The minimum absolute atomic E-state index is 0.184. The summed E-state index contributed by atoms with van der Waals surface area (Å²) in [5.41, 5.74) is 1.30. The second kappa shape index (κ2) is 7.53. The van der Waals surface area contributed by atoms with Gasteiger partial charge in [0.05, 0.1) is 31.4 Å². The van der Waals surface area contributed by atoms with Crippen LogP contribution in [0.1, 0.15) is 5.56 Å². The minimum atomic E-state index is -0.198. The summed E-state index contributed by atoms with van der Waals surface area (Å²) < 4.78 is 21.4. The highest BCUT2D eigenvalue weighted by molar-refractivity contribution is 6.32. The average molecular weight is 364 g/mol. The maximum Gasteiger partial charge on any atom is 0.228 e. The lowest BCUT2D eigenvalue weighted by molar-refractivity contribution is -0.115. The molecular weight excluding hydrogens is 346 g/mol. The number of anilines is 1. The van der Waals surface area contributed by atoms with Gasteiger partial charge in [-0.05, 0) is 23.8 Å². The van der Waals surface area contributed by atoms with Crippen LogP contribution >= 0.6 is 11.6 Å². The van der Waals surface area contributed by atoms with E-state index in [1.165, 1.54) is 14.2 Å². The Hall–Kier alpha value is -2.60. The first-order valence-electron chi connectivity index (χ1n) is 7.70. The monoisotopic (exact) mass is 363 g/mol. The van der Waals surface area contributed by atoms with E-state index < -0.39 is 0 Å². The third-order valence-electron chi connectivity index (χ3n) is 3.72. The number of amides is 1. The van der Waals surface area contributed by atoms with Crippen LogP contribution in [0.15, 0.2) is 30.3 Å². The molecule has 25 heavy (non-hydrogen) atoms. The Balaban J connectivity index is 1.73. The minimum Gasteiger partial charge on any atom is -0.495 e. The van der Waals surface area contributed by atoms with Crippen molar-refractivity contribution in [3.63, 3.8) is 0 Å². The Labute approximate surface area is 150 Å². The van der Waals surface area contributed by atoms with E-state index in [-0.39, 0.29) is 12.3 Å². The normalized spacial score (nSPS) is 12.4. The van der Waals surface area contributed by atoms with E-state index in [0.717, 1.165) is 5.56 Å². The lowest BCUT2D eigenvalue weighted by atomic mass is 10.1. The van der Waals surface area contributed by atoms with Gasteiger partial charge in [-0.3, -0.25) is 4.79 Å². The molecule has 0 spiro atoms. The van der Waals surface area contributed by atoms with Crippen molar-refractivity contribution in [2.24, 2.45) is 0 Å². The fourth-order valence-corrected chi connectivity index (χ4v) is 2.78. The summed E-state index contributed by atoms with van der Waals surface area (Å²) in [6.07, 6.45) is 0.184. The molecule has 2 aromatic carbocycles. The number of methoxy groups -OCH3 is 2. The summed E-state index contributed by atoms with van der Waals surface area (Å²) in [5, 5.41) is 3.19. The second-order valence-corrected chi connectivity index (χ2v) is 5.80. The van der Waals surface area contributed by atoms with Gasteiger partial charge in [0.2, 0.25) is 5.91 Å². The Bertz CT molecular complexity index is 793. The molecule has 2 aromatic rings. The summed E-state index contributed by atoms with van der Waals surface area (Å²) in [4.78, 5) is 12.4. The second-order valence-electron chi connectivity index (χ2n) is 5.39. The highest BCUT2D eigenvalue weighted by atomic mass is 35.5. The van der Waals surface area contributed by atoms with Gasteiger partial charge in [-0.2, -0.15) is 0 Å². The molecule has 3 rings (SSSR count). The molecular formula is C18H18ClNO5. The molecule has 0 saturated heterocycles. The SMILES string of the molecule is COc1cc(OC)c(NC(=O)Cc2ccc3c(c2)OCCO3)cc1Cl. The molecule has 0 aromatic heterocycles. The number of nitrogens with one attached hydrogen (secondary N) is 1. The first-order chi connectivity index (χ1) is 12.1. The van der Waals surface area contributed by atoms with Crippen LogP contribution in [0.5, 0.6) is 23.0 Å². The van der Waals surface area contributed by atoms with E-state index in [2.05, 4.69) is 5.32 Å². The van der Waals surface area contributed by atoms with E-state index >= 15 is 0 Å². The number of ether oxygens (including phenoxy) is 4. The highest BCUT2D eigenvalue weighted by Gasteiger charge is 2.15. The predicted octanol–water partition coefficient (Wildman–Crippen LogP) is 3.31. The third kappa shape index (κ3) is 3.91. The van der Waals surface area contributed by atoms with Gasteiger partial charge >= 0.3 is 0 Å². The summed E-state index contributed by atoms with van der Waals surface area (Å²) >= 11 is 6.12. The average Bonchev–Trinajstić information content (AvgIpc) is 2.62. The molecule has 132 valence electrons. The lowest BCUT2D eigenvalue weighted by Gasteiger charge is -2.19. The molecule has 6 nitrogen and oxygen atoms in total. The van der Waals surface area contributed by atoms with E-state index in [9.17, 15) is 4.79 Å². The van der Waals surface area contributed by atoms with E-state index in [1.807, 2.05) is 18.2 Å². The van der Waals surface area contributed by atoms with Crippen LogP contribution in [-0.2, 0) is 11.2 Å². The molecule has 1 aliphatic heterocycles. The van der Waals surface area contributed by atoms with E-state index in [0.29, 0.717) is 46.9 Å². The van der Waals surface area contributed by atoms with Crippen molar-refractivity contribution in [1.82, 2.24) is 0 Å². The zero-order valence-corrected chi connectivity index (χ0v) is 14.7. The van der Waals surface area contributed by atoms with Crippen LogP contribution < -0.4 is 24.3 Å². The van der Waals surface area contributed by atoms with Crippen LogP contribution in [0.25, 0.3) is 0 Å². The van der Waals surface area contributed by atoms with Crippen molar-refractivity contribution < 1.29 is 23.7 Å². The van der Waals surface area contributed by atoms with Crippen LogP contribution in [0, 0.1) is 0 Å². The molecule has 0 atom stereocenters. The quantitative estimate of drug-likeness (QED) is 0.882. The fourth-order valence-electron chi connectivity index (χ4n) is 2.54. The van der Waals surface area contributed by atoms with Gasteiger partial charge in [-0.15, -0.1) is 0 Å². The summed E-state index contributed by atoms with van der Waals surface area (Å²) in [5.74, 6) is 2.09. The van der Waals surface area contributed by atoms with Gasteiger partial charge in [0.1, 0.15) is 24.7 Å². The molecule has 1 amide bonds. The van der Waals surface area contributed by atoms with E-state index in [1.54, 1.807) is 12.1 Å². The van der Waals surface area contributed by atoms with Gasteiger partial charge in [0.25, 0.3) is 0 Å². The lowest BCUT2D eigenvalue weighted by Crippen LogP contribution is -2.17. The van der Waals surface area contributed by atoms with Crippen LogP contribution in [0.4, 0.5) is 5.69 Å². The molecule has 7 heteroatoms. The predicted molar refractivity (Wildman–Crippen MR) is 94.3 cm³/mol. The van der Waals surface area contributed by atoms with Crippen molar-refractivity contribution in [2.45, 2.75) is 6.42 Å². The summed E-state index contributed by atoms with van der Waals surface area (Å²) in [7, 11) is 3.03. The Kier molecular flexibility index (Phi) is 5.19. The maximum absolute atomic E-state index is 12.4. The molecule has 0 unspecified atom stereocenters. The smallest absolute Gasteiger partial charge is 0.228 e. The molecule has 0 fully saturated rings. The van der Waals surface area contributed by atoms with Crippen molar-refractivity contribution >= 4 is 23.2 Å². The highest BCUT2D eigenvalue weighted by Crippen LogP contribution is 2.36. The van der Waals surface area contributed by atoms with Crippen molar-refractivity contribution in [3.8, 4) is 23.0 Å². The van der Waals surface area contributed by atoms with Gasteiger partial charge in [-0.1, -0.05) is 17.7 Å². The first kappa shape index (κ1) is 17.2. The Morgan fingerprint density at radius 1 is 1.08 bits per heavy atom. The number of hydrogen-bond acceptors (Lipinski definition) is 5. The number of rotatable bonds is 5. The van der Waals surface area contributed by atoms with Crippen LogP contribution in [0.3, 0.4) is 0 Å². The topological polar surface area (TPSA) is 66.0 Å². The van der Waals surface area contributed by atoms with Gasteiger partial charge in [0, 0.05) is 6.07 Å². The third-order valence-corrected chi connectivity index (χ3v) is 4.01. The molecule has 0 aliphatic carbocycles. The Morgan fingerprint density at radius 2 is 1.80 bits per heavy atom. The van der Waals surface area contributed by atoms with Gasteiger partial charge in [0.15, 0.2) is 11.5 Å². The number of fused-ring (bicyclic) bond motifs is 1. The Morgan fingerprint density at radius 3 is 2.52 bits per heavy atom. The molecule has 0 bridgehead atoms. The zero-order chi connectivity index (χ0) is 17.8. The molecule has 1 N–H and O–H groups in total. The van der Waals surface area contributed by atoms with Crippen molar-refractivity contribution in [2.75, 3.05) is 32.8 Å². The standard InChI is InChI=1S/C18H18ClNO5/c1-22-15-10-16(23-2)13(9-12(15)19)20-18(21)8-11-3-4-14-17(7-11)25-6-5-24-14/h3-4,7,9-10H,5-6,8H2,1-2H3,(H,20,21). The summed E-state index contributed by atoms with van der Waals surface area (Å²) in [6.45, 7) is 1.04. The fraction of sp³-hybridized carbons (Fsp3) is 0.278. The number of halogens is 1. The maximum atomic E-state index is 12.4. The van der Waals surface area contributed by atoms with Crippen molar-refractivity contribution in [3.05, 3.63) is 40.9 Å². The number of benzene rings is 2. The van der Waals surface area contributed by atoms with Gasteiger partial charge < -0.3 is 24.3 Å². The summed E-state index contributed by atoms with van der Waals surface area (Å²) in [6, 6.07) is 8.68. The van der Waals surface area contributed by atoms with Crippen molar-refractivity contribution in [1.29, 1.82) is 0 Å². The van der Waals surface area contributed by atoms with Gasteiger partial charge in [-0.25, -0.2) is 0 Å². The molecule has 1 heterocycles. The van der Waals surface area contributed by atoms with E-state index in [4.69, 9.17) is 30.5 Å². The molecule has 0 saturated carbocycles. The zero-order valence-electron chi connectivity index (χ0n) is 13.9. The number of carbonyl (C=O) groups is 1.